The SMILES string of the molecule is COc1cccc2c(NC3CC(O)C3(C)C)ccnc12. The van der Waals surface area contributed by atoms with Gasteiger partial charge in [-0.3, -0.25) is 4.98 Å². The van der Waals surface area contributed by atoms with Gasteiger partial charge in [0.05, 0.1) is 13.2 Å². The zero-order valence-electron chi connectivity index (χ0n) is 12.1. The molecule has 2 aromatic rings. The number of fused-ring (bicyclic) bond motifs is 1. The van der Waals surface area contributed by atoms with Crippen LogP contribution in [0.15, 0.2) is 30.5 Å². The highest BCUT2D eigenvalue weighted by molar-refractivity contribution is 5.94. The Morgan fingerprint density at radius 3 is 2.80 bits per heavy atom. The summed E-state index contributed by atoms with van der Waals surface area (Å²) in [7, 11) is 1.65. The van der Waals surface area contributed by atoms with Gasteiger partial charge in [-0.15, -0.1) is 0 Å². The van der Waals surface area contributed by atoms with Crippen LogP contribution in [0.3, 0.4) is 0 Å². The Kier molecular flexibility index (Phi) is 3.05. The second kappa shape index (κ2) is 4.63. The lowest BCUT2D eigenvalue weighted by Crippen LogP contribution is -2.56. The Labute approximate surface area is 118 Å². The summed E-state index contributed by atoms with van der Waals surface area (Å²) in [4.78, 5) is 4.40. The molecule has 1 aliphatic rings. The number of nitrogens with zero attached hydrogens (tertiary/aromatic N) is 1. The highest BCUT2D eigenvalue weighted by Crippen LogP contribution is 2.43. The zero-order chi connectivity index (χ0) is 14.3. The molecule has 3 rings (SSSR count). The number of para-hydroxylation sites is 1. The molecule has 1 saturated carbocycles. The van der Waals surface area contributed by atoms with Crippen molar-refractivity contribution in [3.05, 3.63) is 30.5 Å². The molecule has 1 heterocycles. The number of methoxy groups -OCH3 is 1. The van der Waals surface area contributed by atoms with Gasteiger partial charge in [-0.1, -0.05) is 26.0 Å². The molecule has 0 bridgehead atoms. The first-order valence-corrected chi connectivity index (χ1v) is 6.90. The molecule has 4 nitrogen and oxygen atoms in total. The Morgan fingerprint density at radius 1 is 1.35 bits per heavy atom. The van der Waals surface area contributed by atoms with Crippen molar-refractivity contribution in [2.45, 2.75) is 32.4 Å². The number of benzene rings is 1. The van der Waals surface area contributed by atoms with Gasteiger partial charge in [-0.25, -0.2) is 0 Å². The Hall–Kier alpha value is -1.81. The van der Waals surface area contributed by atoms with Gasteiger partial charge in [0.2, 0.25) is 0 Å². The first-order chi connectivity index (χ1) is 9.54. The highest BCUT2D eigenvalue weighted by Gasteiger charge is 2.47. The zero-order valence-corrected chi connectivity index (χ0v) is 12.1. The molecular weight excluding hydrogens is 252 g/mol. The van der Waals surface area contributed by atoms with Crippen LogP contribution in [0.2, 0.25) is 0 Å². The normalized spacial score (nSPS) is 24.2. The van der Waals surface area contributed by atoms with Gasteiger partial charge in [0, 0.05) is 28.7 Å². The number of hydrogen-bond donors (Lipinski definition) is 2. The Morgan fingerprint density at radius 2 is 2.15 bits per heavy atom. The standard InChI is InChI=1S/C16H20N2O2/c1-16(2)13(9-14(16)19)18-11-7-8-17-15-10(11)5-4-6-12(15)20-3/h4-8,13-14,19H,9H2,1-3H3,(H,17,18). The number of pyridine rings is 1. The van der Waals surface area contributed by atoms with Crippen LogP contribution in [0, 0.1) is 5.41 Å². The topological polar surface area (TPSA) is 54.4 Å². The molecule has 0 amide bonds. The van der Waals surface area contributed by atoms with Crippen LogP contribution in [0.4, 0.5) is 5.69 Å². The predicted molar refractivity (Wildman–Crippen MR) is 80.1 cm³/mol. The molecule has 20 heavy (non-hydrogen) atoms. The van der Waals surface area contributed by atoms with E-state index < -0.39 is 0 Å². The largest absolute Gasteiger partial charge is 0.494 e. The van der Waals surface area contributed by atoms with Gasteiger partial charge in [0.15, 0.2) is 0 Å². The average Bonchev–Trinajstić information content (AvgIpc) is 2.46. The lowest BCUT2D eigenvalue weighted by Gasteiger charge is -2.50. The number of anilines is 1. The van der Waals surface area contributed by atoms with E-state index in [0.29, 0.717) is 0 Å². The fourth-order valence-corrected chi connectivity index (χ4v) is 2.77. The fraction of sp³-hybridized carbons (Fsp3) is 0.438. The molecule has 0 saturated heterocycles. The third kappa shape index (κ3) is 1.91. The number of ether oxygens (including phenoxy) is 1. The van der Waals surface area contributed by atoms with Crippen LogP contribution in [0.5, 0.6) is 5.75 Å². The number of rotatable bonds is 3. The number of aliphatic hydroxyl groups is 1. The quantitative estimate of drug-likeness (QED) is 0.902. The first-order valence-electron chi connectivity index (χ1n) is 6.90. The van der Waals surface area contributed by atoms with Gasteiger partial charge in [-0.05, 0) is 18.6 Å². The van der Waals surface area contributed by atoms with E-state index in [2.05, 4.69) is 24.1 Å². The minimum absolute atomic E-state index is 0.103. The summed E-state index contributed by atoms with van der Waals surface area (Å²) >= 11 is 0. The summed E-state index contributed by atoms with van der Waals surface area (Å²) in [5, 5.41) is 14.4. The molecule has 0 spiro atoms. The van der Waals surface area contributed by atoms with Crippen molar-refractivity contribution in [1.82, 2.24) is 4.98 Å². The summed E-state index contributed by atoms with van der Waals surface area (Å²) in [6, 6.07) is 8.16. The first kappa shape index (κ1) is 13.2. The maximum Gasteiger partial charge on any atom is 0.145 e. The summed E-state index contributed by atoms with van der Waals surface area (Å²) in [5.74, 6) is 0.777. The Balaban J connectivity index is 1.97. The molecular formula is C16H20N2O2. The van der Waals surface area contributed by atoms with Crippen molar-refractivity contribution in [3.63, 3.8) is 0 Å². The van der Waals surface area contributed by atoms with Crippen molar-refractivity contribution in [1.29, 1.82) is 0 Å². The second-order valence-electron chi connectivity index (χ2n) is 5.98. The van der Waals surface area contributed by atoms with Gasteiger partial charge in [0.25, 0.3) is 0 Å². The molecule has 0 radical (unpaired) electrons. The highest BCUT2D eigenvalue weighted by atomic mass is 16.5. The van der Waals surface area contributed by atoms with Gasteiger partial charge in [-0.2, -0.15) is 0 Å². The molecule has 1 aromatic carbocycles. The van der Waals surface area contributed by atoms with Crippen LogP contribution in [0.25, 0.3) is 10.9 Å². The van der Waals surface area contributed by atoms with Crippen LogP contribution in [-0.4, -0.2) is 29.3 Å². The molecule has 106 valence electrons. The van der Waals surface area contributed by atoms with Crippen molar-refractivity contribution < 1.29 is 9.84 Å². The maximum atomic E-state index is 9.85. The predicted octanol–water partition coefficient (Wildman–Crippen LogP) is 2.81. The molecule has 1 aliphatic carbocycles. The molecule has 0 aliphatic heterocycles. The summed E-state index contributed by atoms with van der Waals surface area (Å²) in [6.07, 6.45) is 2.33. The van der Waals surface area contributed by atoms with Crippen molar-refractivity contribution in [2.24, 2.45) is 5.41 Å². The van der Waals surface area contributed by atoms with Gasteiger partial charge in [0.1, 0.15) is 11.3 Å². The van der Waals surface area contributed by atoms with Crippen molar-refractivity contribution in [2.75, 3.05) is 12.4 Å². The molecule has 1 fully saturated rings. The smallest absolute Gasteiger partial charge is 0.145 e. The van der Waals surface area contributed by atoms with E-state index in [1.54, 1.807) is 13.3 Å². The van der Waals surface area contributed by atoms with E-state index >= 15 is 0 Å². The number of nitrogens with one attached hydrogen (secondary N) is 1. The Bertz CT molecular complexity index is 639. The molecule has 1 aromatic heterocycles. The lowest BCUT2D eigenvalue weighted by atomic mass is 9.64. The minimum atomic E-state index is -0.234. The van der Waals surface area contributed by atoms with Gasteiger partial charge >= 0.3 is 0 Å². The minimum Gasteiger partial charge on any atom is -0.494 e. The average molecular weight is 272 g/mol. The van der Waals surface area contributed by atoms with E-state index in [-0.39, 0.29) is 17.6 Å². The monoisotopic (exact) mass is 272 g/mol. The van der Waals surface area contributed by atoms with Crippen molar-refractivity contribution >= 4 is 16.6 Å². The molecule has 2 unspecified atom stereocenters. The molecule has 4 heteroatoms. The van der Waals surface area contributed by atoms with E-state index in [9.17, 15) is 5.11 Å². The molecule has 2 N–H and O–H groups in total. The summed E-state index contributed by atoms with van der Waals surface area (Å²) < 4.78 is 5.36. The number of aliphatic hydroxyl groups excluding tert-OH is 1. The third-order valence-electron chi connectivity index (χ3n) is 4.50. The van der Waals surface area contributed by atoms with E-state index in [0.717, 1.165) is 28.8 Å². The fourth-order valence-electron chi connectivity index (χ4n) is 2.77. The van der Waals surface area contributed by atoms with Crippen LogP contribution in [-0.2, 0) is 0 Å². The number of aromatic nitrogens is 1. The van der Waals surface area contributed by atoms with Crippen LogP contribution >= 0.6 is 0 Å². The van der Waals surface area contributed by atoms with Crippen LogP contribution in [0.1, 0.15) is 20.3 Å². The molecule has 2 atom stereocenters. The van der Waals surface area contributed by atoms with Crippen molar-refractivity contribution in [3.8, 4) is 5.75 Å². The summed E-state index contributed by atoms with van der Waals surface area (Å²) in [5.41, 5.74) is 1.80. The number of hydrogen-bond acceptors (Lipinski definition) is 4. The van der Waals surface area contributed by atoms with E-state index in [4.69, 9.17) is 4.74 Å². The third-order valence-corrected chi connectivity index (χ3v) is 4.50. The van der Waals surface area contributed by atoms with E-state index in [1.165, 1.54) is 0 Å². The van der Waals surface area contributed by atoms with Gasteiger partial charge < -0.3 is 15.2 Å². The van der Waals surface area contributed by atoms with Crippen LogP contribution < -0.4 is 10.1 Å². The maximum absolute atomic E-state index is 9.85. The second-order valence-corrected chi connectivity index (χ2v) is 5.98. The van der Waals surface area contributed by atoms with E-state index in [1.807, 2.05) is 24.3 Å². The lowest BCUT2D eigenvalue weighted by molar-refractivity contribution is -0.0510. The summed E-state index contributed by atoms with van der Waals surface area (Å²) in [6.45, 7) is 4.17.